The van der Waals surface area contributed by atoms with Gasteiger partial charge in [0.15, 0.2) is 0 Å². The van der Waals surface area contributed by atoms with Crippen LogP contribution in [0.3, 0.4) is 0 Å². The molecule has 0 amide bonds. The Hall–Kier alpha value is -0.450. The van der Waals surface area contributed by atoms with Gasteiger partial charge >= 0.3 is 0 Å². The van der Waals surface area contributed by atoms with Crippen LogP contribution in [-0.4, -0.2) is 24.6 Å². The fraction of sp³-hybridized carbons (Fsp3) is 0.667. The summed E-state index contributed by atoms with van der Waals surface area (Å²) in [6.45, 7) is 4.82. The third-order valence-electron chi connectivity index (χ3n) is 1.74. The number of hydrogen-bond acceptors (Lipinski definition) is 4. The molecule has 0 unspecified atom stereocenters. The van der Waals surface area contributed by atoms with Gasteiger partial charge in [0.25, 0.3) is 0 Å². The molecule has 0 aliphatic carbocycles. The summed E-state index contributed by atoms with van der Waals surface area (Å²) in [4.78, 5) is 4.38. The number of thiazole rings is 1. The van der Waals surface area contributed by atoms with E-state index in [4.69, 9.17) is 5.73 Å². The van der Waals surface area contributed by atoms with Gasteiger partial charge in [0.05, 0.1) is 5.01 Å². The minimum absolute atomic E-state index is 0.767. The smallest absolute Gasteiger partial charge is 0.0940 e. The molecule has 74 valence electrons. The van der Waals surface area contributed by atoms with Gasteiger partial charge in [-0.1, -0.05) is 0 Å². The van der Waals surface area contributed by atoms with Crippen LogP contribution >= 0.6 is 11.3 Å². The maximum absolute atomic E-state index is 5.37. The van der Waals surface area contributed by atoms with Crippen molar-refractivity contribution in [2.45, 2.75) is 19.8 Å². The van der Waals surface area contributed by atoms with Crippen molar-refractivity contribution in [3.8, 4) is 0 Å². The SMILES string of the molecule is Cc1csc(CCNCCCN)n1. The highest BCUT2D eigenvalue weighted by Gasteiger charge is 1.96. The molecule has 0 aromatic carbocycles. The van der Waals surface area contributed by atoms with Crippen molar-refractivity contribution in [3.05, 3.63) is 16.1 Å². The van der Waals surface area contributed by atoms with Crippen molar-refractivity contribution in [3.63, 3.8) is 0 Å². The molecule has 1 aromatic rings. The number of hydrogen-bond donors (Lipinski definition) is 2. The normalized spacial score (nSPS) is 10.6. The van der Waals surface area contributed by atoms with Crippen LogP contribution in [0, 0.1) is 6.92 Å². The minimum Gasteiger partial charge on any atom is -0.330 e. The standard InChI is InChI=1S/C9H17N3S/c1-8-7-13-9(12-8)3-6-11-5-2-4-10/h7,11H,2-6,10H2,1H3. The molecule has 0 bridgehead atoms. The summed E-state index contributed by atoms with van der Waals surface area (Å²) >= 11 is 1.74. The molecule has 0 spiro atoms. The average molecular weight is 199 g/mol. The Bertz CT molecular complexity index is 235. The largest absolute Gasteiger partial charge is 0.330 e. The zero-order valence-electron chi connectivity index (χ0n) is 8.05. The second kappa shape index (κ2) is 6.07. The van der Waals surface area contributed by atoms with Crippen molar-refractivity contribution in [2.24, 2.45) is 5.73 Å². The van der Waals surface area contributed by atoms with E-state index in [0.29, 0.717) is 0 Å². The third kappa shape index (κ3) is 4.36. The van der Waals surface area contributed by atoms with Crippen LogP contribution in [0.25, 0.3) is 0 Å². The number of nitrogens with zero attached hydrogens (tertiary/aromatic N) is 1. The monoisotopic (exact) mass is 199 g/mol. The lowest BCUT2D eigenvalue weighted by atomic mass is 10.4. The number of aromatic nitrogens is 1. The highest BCUT2D eigenvalue weighted by atomic mass is 32.1. The van der Waals surface area contributed by atoms with Gasteiger partial charge in [-0.25, -0.2) is 4.98 Å². The Morgan fingerprint density at radius 2 is 2.38 bits per heavy atom. The number of nitrogens with one attached hydrogen (secondary N) is 1. The molecule has 4 heteroatoms. The molecule has 3 nitrogen and oxygen atoms in total. The van der Waals surface area contributed by atoms with Crippen molar-refractivity contribution < 1.29 is 0 Å². The highest BCUT2D eigenvalue weighted by Crippen LogP contribution is 2.08. The summed E-state index contributed by atoms with van der Waals surface area (Å²) < 4.78 is 0. The average Bonchev–Trinajstić information content (AvgIpc) is 2.51. The number of nitrogens with two attached hydrogens (primary N) is 1. The zero-order valence-corrected chi connectivity index (χ0v) is 8.86. The second-order valence-electron chi connectivity index (χ2n) is 3.02. The molecule has 0 fully saturated rings. The van der Waals surface area contributed by atoms with Gasteiger partial charge in [-0.2, -0.15) is 0 Å². The lowest BCUT2D eigenvalue weighted by Crippen LogP contribution is -2.20. The van der Waals surface area contributed by atoms with Crippen LogP contribution in [0.4, 0.5) is 0 Å². The first-order chi connectivity index (χ1) is 6.33. The van der Waals surface area contributed by atoms with Crippen LogP contribution in [-0.2, 0) is 6.42 Å². The van der Waals surface area contributed by atoms with E-state index >= 15 is 0 Å². The molecule has 1 rings (SSSR count). The van der Waals surface area contributed by atoms with Gasteiger partial charge in [-0.05, 0) is 26.4 Å². The summed E-state index contributed by atoms with van der Waals surface area (Å²) in [5, 5.41) is 6.64. The van der Waals surface area contributed by atoms with Gasteiger partial charge in [0.2, 0.25) is 0 Å². The van der Waals surface area contributed by atoms with Crippen LogP contribution < -0.4 is 11.1 Å². The van der Waals surface area contributed by atoms with E-state index in [-0.39, 0.29) is 0 Å². The van der Waals surface area contributed by atoms with Crippen molar-refractivity contribution in [2.75, 3.05) is 19.6 Å². The van der Waals surface area contributed by atoms with Crippen LogP contribution in [0.2, 0.25) is 0 Å². The fourth-order valence-corrected chi connectivity index (χ4v) is 1.84. The lowest BCUT2D eigenvalue weighted by Gasteiger charge is -2.00. The summed E-state index contributed by atoms with van der Waals surface area (Å²) in [6.07, 6.45) is 2.08. The zero-order chi connectivity index (χ0) is 9.52. The molecule has 0 aliphatic heterocycles. The Balaban J connectivity index is 2.06. The summed E-state index contributed by atoms with van der Waals surface area (Å²) in [7, 11) is 0. The fourth-order valence-electron chi connectivity index (χ4n) is 1.06. The van der Waals surface area contributed by atoms with E-state index in [2.05, 4.69) is 15.7 Å². The molecule has 1 heterocycles. The molecular formula is C9H17N3S. The predicted octanol–water partition coefficient (Wildman–Crippen LogP) is 0.932. The number of aryl methyl sites for hydroxylation is 1. The molecule has 0 radical (unpaired) electrons. The van der Waals surface area contributed by atoms with E-state index in [0.717, 1.165) is 38.2 Å². The summed E-state index contributed by atoms with van der Waals surface area (Å²) in [5.74, 6) is 0. The first kappa shape index (κ1) is 10.6. The quantitative estimate of drug-likeness (QED) is 0.670. The van der Waals surface area contributed by atoms with Crippen molar-refractivity contribution >= 4 is 11.3 Å². The Morgan fingerprint density at radius 3 is 3.00 bits per heavy atom. The molecule has 0 saturated carbocycles. The Labute approximate surface area is 83.4 Å². The first-order valence-corrected chi connectivity index (χ1v) is 5.52. The van der Waals surface area contributed by atoms with E-state index in [1.165, 1.54) is 5.01 Å². The maximum atomic E-state index is 5.37. The number of rotatable bonds is 6. The molecule has 0 saturated heterocycles. The lowest BCUT2D eigenvalue weighted by molar-refractivity contribution is 0.652. The van der Waals surface area contributed by atoms with Gasteiger partial charge in [0, 0.05) is 24.0 Å². The molecule has 13 heavy (non-hydrogen) atoms. The first-order valence-electron chi connectivity index (χ1n) is 4.64. The van der Waals surface area contributed by atoms with E-state index < -0.39 is 0 Å². The predicted molar refractivity (Wildman–Crippen MR) is 57.1 cm³/mol. The molecule has 1 aromatic heterocycles. The topological polar surface area (TPSA) is 50.9 Å². The van der Waals surface area contributed by atoms with Crippen LogP contribution in [0.15, 0.2) is 5.38 Å². The van der Waals surface area contributed by atoms with Crippen LogP contribution in [0.5, 0.6) is 0 Å². The molecule has 3 N–H and O–H groups in total. The van der Waals surface area contributed by atoms with Gasteiger partial charge in [-0.15, -0.1) is 11.3 Å². The minimum atomic E-state index is 0.767. The molecule has 0 aliphatic rings. The maximum Gasteiger partial charge on any atom is 0.0940 e. The Kier molecular flexibility index (Phi) is 4.97. The van der Waals surface area contributed by atoms with Crippen molar-refractivity contribution in [1.82, 2.24) is 10.3 Å². The Morgan fingerprint density at radius 1 is 1.54 bits per heavy atom. The summed E-state index contributed by atoms with van der Waals surface area (Å²) in [6, 6.07) is 0. The van der Waals surface area contributed by atoms with E-state index in [9.17, 15) is 0 Å². The molecular weight excluding hydrogens is 182 g/mol. The van der Waals surface area contributed by atoms with Crippen molar-refractivity contribution in [1.29, 1.82) is 0 Å². The van der Waals surface area contributed by atoms with E-state index in [1.807, 2.05) is 6.92 Å². The third-order valence-corrected chi connectivity index (χ3v) is 2.77. The van der Waals surface area contributed by atoms with Gasteiger partial charge in [0.1, 0.15) is 0 Å². The molecule has 0 atom stereocenters. The van der Waals surface area contributed by atoms with Gasteiger partial charge in [-0.3, -0.25) is 0 Å². The highest BCUT2D eigenvalue weighted by molar-refractivity contribution is 7.09. The summed E-state index contributed by atoms with van der Waals surface area (Å²) in [5.41, 5.74) is 6.50. The van der Waals surface area contributed by atoms with Crippen LogP contribution in [0.1, 0.15) is 17.1 Å². The van der Waals surface area contributed by atoms with E-state index in [1.54, 1.807) is 11.3 Å². The second-order valence-corrected chi connectivity index (χ2v) is 3.97. The van der Waals surface area contributed by atoms with Gasteiger partial charge < -0.3 is 11.1 Å².